The summed E-state index contributed by atoms with van der Waals surface area (Å²) in [5.74, 6) is -0.264. The van der Waals surface area contributed by atoms with Crippen LogP contribution < -0.4 is 5.32 Å². The Balaban J connectivity index is 1.87. The molecule has 0 spiro atoms. The molecule has 25 heavy (non-hydrogen) atoms. The molecule has 1 heterocycles. The molecule has 2 aromatic carbocycles. The van der Waals surface area contributed by atoms with Gasteiger partial charge in [0, 0.05) is 17.7 Å². The van der Waals surface area contributed by atoms with Crippen LogP contribution in [0, 0.1) is 16.0 Å². The van der Waals surface area contributed by atoms with E-state index in [1.807, 2.05) is 38.1 Å². The van der Waals surface area contributed by atoms with Crippen LogP contribution in [0.25, 0.3) is 11.0 Å². The number of fused-ring (bicyclic) bond motifs is 1. The van der Waals surface area contributed by atoms with E-state index < -0.39 is 11.1 Å². The molecule has 0 radical (unpaired) electrons. The molecule has 3 aromatic rings. The smallest absolute Gasteiger partial charge is 0.269 e. The highest BCUT2D eigenvalue weighted by Crippen LogP contribution is 2.20. The fraction of sp³-hybridized carbons (Fsp3) is 0.235. The largest absolute Gasteiger partial charge is 0.330 e. The molecule has 128 valence electrons. The molecule has 8 nitrogen and oxygen atoms in total. The second-order valence-corrected chi connectivity index (χ2v) is 5.99. The molecular formula is C17H17N5O3. The normalized spacial score (nSPS) is 12.3. The van der Waals surface area contributed by atoms with Crippen LogP contribution in [0.2, 0.25) is 0 Å². The van der Waals surface area contributed by atoms with E-state index in [9.17, 15) is 14.9 Å². The van der Waals surface area contributed by atoms with Crippen molar-refractivity contribution >= 4 is 22.6 Å². The summed E-state index contributed by atoms with van der Waals surface area (Å²) in [5, 5.41) is 21.9. The van der Waals surface area contributed by atoms with Crippen LogP contribution in [0.3, 0.4) is 0 Å². The quantitative estimate of drug-likeness (QED) is 0.568. The maximum atomic E-state index is 12.5. The molecule has 8 heteroatoms. The molecule has 0 bridgehead atoms. The number of aromatic nitrogens is 3. The summed E-state index contributed by atoms with van der Waals surface area (Å²) < 4.78 is 1.68. The van der Waals surface area contributed by atoms with E-state index in [2.05, 4.69) is 15.6 Å². The van der Waals surface area contributed by atoms with Crippen molar-refractivity contribution in [3.05, 3.63) is 64.2 Å². The number of nitrogens with one attached hydrogen (secondary N) is 1. The Morgan fingerprint density at radius 3 is 2.48 bits per heavy atom. The summed E-state index contributed by atoms with van der Waals surface area (Å²) >= 11 is 0. The fourth-order valence-electron chi connectivity index (χ4n) is 2.55. The number of amides is 1. The molecule has 1 N–H and O–H groups in total. The van der Waals surface area contributed by atoms with Gasteiger partial charge in [-0.1, -0.05) is 31.2 Å². The molecule has 0 saturated carbocycles. The van der Waals surface area contributed by atoms with E-state index in [0.717, 1.165) is 11.0 Å². The summed E-state index contributed by atoms with van der Waals surface area (Å²) in [6.07, 6.45) is -0.393. The number of non-ortho nitro benzene ring substituents is 1. The second kappa shape index (κ2) is 6.68. The van der Waals surface area contributed by atoms with E-state index in [1.165, 1.54) is 24.3 Å². The van der Waals surface area contributed by atoms with Crippen LogP contribution in [-0.4, -0.2) is 25.8 Å². The Morgan fingerprint density at radius 2 is 1.84 bits per heavy atom. The lowest BCUT2D eigenvalue weighted by Crippen LogP contribution is -2.36. The van der Waals surface area contributed by atoms with Gasteiger partial charge in [0.1, 0.15) is 11.7 Å². The molecule has 1 atom stereocenters. The van der Waals surface area contributed by atoms with Gasteiger partial charge in [-0.15, -0.1) is 5.10 Å². The lowest BCUT2D eigenvalue weighted by molar-refractivity contribution is -0.384. The number of hydrogen-bond donors (Lipinski definition) is 1. The Labute approximate surface area is 143 Å². The van der Waals surface area contributed by atoms with E-state index in [4.69, 9.17) is 0 Å². The van der Waals surface area contributed by atoms with Crippen molar-refractivity contribution in [2.24, 2.45) is 5.92 Å². The van der Waals surface area contributed by atoms with Crippen molar-refractivity contribution in [2.75, 3.05) is 0 Å². The Bertz CT molecular complexity index is 917. The number of nitro groups is 1. The summed E-state index contributed by atoms with van der Waals surface area (Å²) in [4.78, 5) is 22.7. The molecule has 1 aromatic heterocycles. The number of nitrogens with zero attached hydrogens (tertiary/aromatic N) is 4. The van der Waals surface area contributed by atoms with E-state index in [1.54, 1.807) is 4.68 Å². The standard InChI is InChI=1S/C17H17N5O3/c1-11(2)16(21-15-6-4-3-5-14(15)19-20-21)18-17(23)12-7-9-13(10-8-12)22(24)25/h3-11,16H,1-2H3,(H,18,23). The minimum atomic E-state index is -0.500. The lowest BCUT2D eigenvalue weighted by atomic mass is 10.1. The van der Waals surface area contributed by atoms with Gasteiger partial charge < -0.3 is 5.32 Å². The van der Waals surface area contributed by atoms with Gasteiger partial charge in [-0.25, -0.2) is 4.68 Å². The topological polar surface area (TPSA) is 103 Å². The predicted molar refractivity (Wildman–Crippen MR) is 92.0 cm³/mol. The molecule has 1 amide bonds. The molecule has 0 aliphatic rings. The minimum Gasteiger partial charge on any atom is -0.330 e. The number of benzene rings is 2. The van der Waals surface area contributed by atoms with Crippen molar-refractivity contribution in [2.45, 2.75) is 20.0 Å². The maximum Gasteiger partial charge on any atom is 0.269 e. The number of carbonyl (C=O) groups excluding carboxylic acids is 1. The number of para-hydroxylation sites is 1. The molecule has 3 rings (SSSR count). The number of carbonyl (C=O) groups is 1. The average molecular weight is 339 g/mol. The highest BCUT2D eigenvalue weighted by molar-refractivity contribution is 5.94. The van der Waals surface area contributed by atoms with Gasteiger partial charge in [0.2, 0.25) is 0 Å². The fourth-order valence-corrected chi connectivity index (χ4v) is 2.55. The van der Waals surface area contributed by atoms with Crippen molar-refractivity contribution in [3.63, 3.8) is 0 Å². The minimum absolute atomic E-state index is 0.0563. The third-order valence-corrected chi connectivity index (χ3v) is 3.89. The summed E-state index contributed by atoms with van der Waals surface area (Å²) in [6, 6.07) is 13.0. The van der Waals surface area contributed by atoms with Gasteiger partial charge in [-0.3, -0.25) is 14.9 Å². The zero-order valence-corrected chi connectivity index (χ0v) is 13.8. The first-order chi connectivity index (χ1) is 12.0. The lowest BCUT2D eigenvalue weighted by Gasteiger charge is -2.23. The van der Waals surface area contributed by atoms with Crippen molar-refractivity contribution in [1.82, 2.24) is 20.3 Å². The second-order valence-electron chi connectivity index (χ2n) is 5.99. The zero-order chi connectivity index (χ0) is 18.0. The number of nitro benzene ring substituents is 1. The first-order valence-electron chi connectivity index (χ1n) is 7.82. The monoisotopic (exact) mass is 339 g/mol. The van der Waals surface area contributed by atoms with Gasteiger partial charge in [-0.05, 0) is 30.2 Å². The molecule has 0 fully saturated rings. The molecule has 0 saturated heterocycles. The summed E-state index contributed by atoms with van der Waals surface area (Å²) in [7, 11) is 0. The van der Waals surface area contributed by atoms with Crippen molar-refractivity contribution in [3.8, 4) is 0 Å². The summed E-state index contributed by atoms with van der Waals surface area (Å²) in [6.45, 7) is 3.94. The van der Waals surface area contributed by atoms with Crippen molar-refractivity contribution < 1.29 is 9.72 Å². The van der Waals surface area contributed by atoms with Gasteiger partial charge in [0.15, 0.2) is 0 Å². The summed E-state index contributed by atoms with van der Waals surface area (Å²) in [5.41, 5.74) is 1.86. The Kier molecular flexibility index (Phi) is 4.42. The van der Waals surface area contributed by atoms with Crippen molar-refractivity contribution in [1.29, 1.82) is 0 Å². The van der Waals surface area contributed by atoms with Crippen LogP contribution in [0.4, 0.5) is 5.69 Å². The first-order valence-corrected chi connectivity index (χ1v) is 7.82. The SMILES string of the molecule is CC(C)C(NC(=O)c1ccc([N+](=O)[O-])cc1)n1nnc2ccccc21. The molecular weight excluding hydrogens is 322 g/mol. The average Bonchev–Trinajstić information content (AvgIpc) is 3.03. The predicted octanol–water partition coefficient (Wildman–Crippen LogP) is 2.92. The molecule has 1 unspecified atom stereocenters. The van der Waals surface area contributed by atoms with Crippen LogP contribution in [-0.2, 0) is 0 Å². The van der Waals surface area contributed by atoms with E-state index in [-0.39, 0.29) is 17.5 Å². The number of hydrogen-bond acceptors (Lipinski definition) is 5. The van der Waals surface area contributed by atoms with E-state index >= 15 is 0 Å². The third kappa shape index (κ3) is 3.32. The first kappa shape index (κ1) is 16.6. The number of rotatable bonds is 5. The zero-order valence-electron chi connectivity index (χ0n) is 13.8. The Hall–Kier alpha value is -3.29. The highest BCUT2D eigenvalue weighted by Gasteiger charge is 2.22. The van der Waals surface area contributed by atoms with Crippen LogP contribution in [0.15, 0.2) is 48.5 Å². The van der Waals surface area contributed by atoms with Crippen LogP contribution in [0.5, 0.6) is 0 Å². The van der Waals surface area contributed by atoms with Crippen LogP contribution >= 0.6 is 0 Å². The van der Waals surface area contributed by atoms with Gasteiger partial charge in [0.25, 0.3) is 11.6 Å². The third-order valence-electron chi connectivity index (χ3n) is 3.89. The van der Waals surface area contributed by atoms with E-state index in [0.29, 0.717) is 5.56 Å². The van der Waals surface area contributed by atoms with Gasteiger partial charge in [-0.2, -0.15) is 0 Å². The highest BCUT2D eigenvalue weighted by atomic mass is 16.6. The molecule has 0 aliphatic heterocycles. The Morgan fingerprint density at radius 1 is 1.16 bits per heavy atom. The van der Waals surface area contributed by atoms with Gasteiger partial charge in [0.05, 0.1) is 10.4 Å². The van der Waals surface area contributed by atoms with Gasteiger partial charge >= 0.3 is 0 Å². The molecule has 0 aliphatic carbocycles. The van der Waals surface area contributed by atoms with Crippen LogP contribution in [0.1, 0.15) is 30.4 Å². The maximum absolute atomic E-state index is 12.5.